The van der Waals surface area contributed by atoms with Gasteiger partial charge in [-0.2, -0.15) is 0 Å². The van der Waals surface area contributed by atoms with Crippen LogP contribution in [0.15, 0.2) is 42.1 Å². The molecule has 0 spiro atoms. The second-order valence-electron chi connectivity index (χ2n) is 6.13. The summed E-state index contributed by atoms with van der Waals surface area (Å²) in [5.74, 6) is -1.45. The first-order chi connectivity index (χ1) is 13.2. The number of aromatic hydroxyl groups is 1. The van der Waals surface area contributed by atoms with E-state index in [2.05, 4.69) is 10.6 Å². The van der Waals surface area contributed by atoms with Crippen molar-refractivity contribution in [3.8, 4) is 5.75 Å². The van der Waals surface area contributed by atoms with Crippen molar-refractivity contribution in [2.75, 3.05) is 11.9 Å². The molecule has 1 fully saturated rings. The normalized spacial score (nSPS) is 15.1. The molecule has 2 aromatic rings. The third-order valence-corrected chi connectivity index (χ3v) is 4.49. The average Bonchev–Trinajstić information content (AvgIpc) is 2.87. The van der Waals surface area contributed by atoms with Crippen molar-refractivity contribution in [3.05, 3.63) is 63.3 Å². The number of hydrogen-bond donors (Lipinski definition) is 3. The number of halogens is 2. The zero-order chi connectivity index (χ0) is 20.4. The smallest absolute Gasteiger partial charge is 0.329 e. The highest BCUT2D eigenvalue weighted by molar-refractivity contribution is 6.37. The van der Waals surface area contributed by atoms with Crippen LogP contribution >= 0.6 is 23.2 Å². The maximum atomic E-state index is 12.5. The van der Waals surface area contributed by atoms with Gasteiger partial charge in [-0.25, -0.2) is 9.69 Å². The summed E-state index contributed by atoms with van der Waals surface area (Å²) in [6, 6.07) is 9.21. The Morgan fingerprint density at radius 2 is 1.89 bits per heavy atom. The summed E-state index contributed by atoms with van der Waals surface area (Å²) in [7, 11) is 0. The molecule has 1 heterocycles. The molecule has 4 amide bonds. The summed E-state index contributed by atoms with van der Waals surface area (Å²) in [4.78, 5) is 37.6. The van der Waals surface area contributed by atoms with Crippen molar-refractivity contribution in [1.29, 1.82) is 0 Å². The predicted molar refractivity (Wildman–Crippen MR) is 106 cm³/mol. The molecule has 0 unspecified atom stereocenters. The Kier molecular flexibility index (Phi) is 5.58. The van der Waals surface area contributed by atoms with E-state index in [1.807, 2.05) is 13.0 Å². The number of phenols is 1. The summed E-state index contributed by atoms with van der Waals surface area (Å²) in [6.07, 6.45) is 1.36. The molecule has 0 saturated carbocycles. The van der Waals surface area contributed by atoms with Crippen LogP contribution in [-0.4, -0.2) is 34.4 Å². The number of amides is 4. The largest absolute Gasteiger partial charge is 0.505 e. The maximum absolute atomic E-state index is 12.5. The average molecular weight is 420 g/mol. The second kappa shape index (κ2) is 7.92. The van der Waals surface area contributed by atoms with Crippen LogP contribution in [0, 0.1) is 6.92 Å². The van der Waals surface area contributed by atoms with Gasteiger partial charge in [0, 0.05) is 5.69 Å². The van der Waals surface area contributed by atoms with Crippen LogP contribution in [0.5, 0.6) is 5.75 Å². The second-order valence-corrected chi connectivity index (χ2v) is 6.94. The number of carbonyl (C=O) groups excluding carboxylic acids is 3. The van der Waals surface area contributed by atoms with Gasteiger partial charge in [0.15, 0.2) is 5.75 Å². The zero-order valence-corrected chi connectivity index (χ0v) is 16.1. The molecule has 0 bridgehead atoms. The molecular formula is C19H15Cl2N3O4. The summed E-state index contributed by atoms with van der Waals surface area (Å²) in [5, 5.41) is 14.6. The van der Waals surface area contributed by atoms with Crippen LogP contribution in [0.3, 0.4) is 0 Å². The van der Waals surface area contributed by atoms with Crippen molar-refractivity contribution in [2.45, 2.75) is 6.92 Å². The number of imide groups is 1. The van der Waals surface area contributed by atoms with E-state index in [0.29, 0.717) is 11.3 Å². The van der Waals surface area contributed by atoms with E-state index < -0.39 is 24.4 Å². The molecular weight excluding hydrogens is 405 g/mol. The Morgan fingerprint density at radius 1 is 1.21 bits per heavy atom. The molecule has 0 radical (unpaired) electrons. The van der Waals surface area contributed by atoms with E-state index >= 15 is 0 Å². The van der Waals surface area contributed by atoms with Crippen LogP contribution in [0.4, 0.5) is 10.5 Å². The Hall–Kier alpha value is -3.03. The van der Waals surface area contributed by atoms with E-state index in [-0.39, 0.29) is 21.5 Å². The van der Waals surface area contributed by atoms with Crippen molar-refractivity contribution in [3.63, 3.8) is 0 Å². The van der Waals surface area contributed by atoms with E-state index in [9.17, 15) is 19.5 Å². The number of phenolic OH excluding ortho intramolecular Hbond substituents is 1. The molecule has 28 heavy (non-hydrogen) atoms. The highest BCUT2D eigenvalue weighted by atomic mass is 35.5. The molecule has 144 valence electrons. The first-order valence-corrected chi connectivity index (χ1v) is 8.89. The fourth-order valence-corrected chi connectivity index (χ4v) is 3.12. The molecule has 3 N–H and O–H groups in total. The minimum atomic E-state index is -0.716. The fraction of sp³-hybridized carbons (Fsp3) is 0.105. The number of nitrogens with zero attached hydrogens (tertiary/aromatic N) is 1. The van der Waals surface area contributed by atoms with Gasteiger partial charge in [-0.05, 0) is 48.4 Å². The van der Waals surface area contributed by atoms with Gasteiger partial charge in [0.25, 0.3) is 5.91 Å². The van der Waals surface area contributed by atoms with Gasteiger partial charge in [-0.3, -0.25) is 9.59 Å². The van der Waals surface area contributed by atoms with Gasteiger partial charge in [0.05, 0.1) is 10.0 Å². The molecule has 9 heteroatoms. The van der Waals surface area contributed by atoms with Gasteiger partial charge in [-0.1, -0.05) is 35.3 Å². The number of hydrogen-bond acceptors (Lipinski definition) is 4. The first-order valence-electron chi connectivity index (χ1n) is 8.13. The lowest BCUT2D eigenvalue weighted by Crippen LogP contribution is -2.38. The Bertz CT molecular complexity index is 997. The minimum absolute atomic E-state index is 0.00510. The lowest BCUT2D eigenvalue weighted by molar-refractivity contribution is -0.127. The summed E-state index contributed by atoms with van der Waals surface area (Å²) < 4.78 is 0. The van der Waals surface area contributed by atoms with Crippen LogP contribution in [0.25, 0.3) is 6.08 Å². The Morgan fingerprint density at radius 3 is 2.54 bits per heavy atom. The van der Waals surface area contributed by atoms with Crippen molar-refractivity contribution >= 4 is 52.8 Å². The third-order valence-electron chi connectivity index (χ3n) is 3.92. The van der Waals surface area contributed by atoms with Crippen molar-refractivity contribution in [1.82, 2.24) is 10.2 Å². The summed E-state index contributed by atoms with van der Waals surface area (Å²) in [5.41, 5.74) is 1.90. The SMILES string of the molecule is Cc1cccc(NC(=O)CN2C(=O)N/C(=C/c3cc(Cl)c(O)c(Cl)c3)C2=O)c1. The van der Waals surface area contributed by atoms with Crippen LogP contribution in [-0.2, 0) is 9.59 Å². The molecule has 0 atom stereocenters. The third kappa shape index (κ3) is 4.27. The van der Waals surface area contributed by atoms with Crippen LogP contribution in [0.2, 0.25) is 10.0 Å². The number of rotatable bonds is 4. The molecule has 1 saturated heterocycles. The zero-order valence-electron chi connectivity index (χ0n) is 14.6. The molecule has 1 aliphatic rings. The number of aryl methyl sites for hydroxylation is 1. The highest BCUT2D eigenvalue weighted by Crippen LogP contribution is 2.33. The van der Waals surface area contributed by atoms with Gasteiger partial charge in [0.2, 0.25) is 5.91 Å². The number of benzene rings is 2. The van der Waals surface area contributed by atoms with Gasteiger partial charge >= 0.3 is 6.03 Å². The predicted octanol–water partition coefficient (Wildman–Crippen LogP) is 3.54. The number of anilines is 1. The van der Waals surface area contributed by atoms with E-state index in [1.165, 1.54) is 18.2 Å². The maximum Gasteiger partial charge on any atom is 0.329 e. The number of urea groups is 1. The molecule has 1 aliphatic heterocycles. The van der Waals surface area contributed by atoms with Gasteiger partial charge in [0.1, 0.15) is 12.2 Å². The summed E-state index contributed by atoms with van der Waals surface area (Å²) >= 11 is 11.7. The number of nitrogens with one attached hydrogen (secondary N) is 2. The van der Waals surface area contributed by atoms with Crippen molar-refractivity contribution in [2.24, 2.45) is 0 Å². The molecule has 2 aromatic carbocycles. The fourth-order valence-electron chi connectivity index (χ4n) is 2.62. The van der Waals surface area contributed by atoms with Gasteiger partial charge < -0.3 is 15.7 Å². The Balaban J connectivity index is 1.73. The highest BCUT2D eigenvalue weighted by Gasteiger charge is 2.35. The van der Waals surface area contributed by atoms with Crippen molar-refractivity contribution < 1.29 is 19.5 Å². The number of carbonyl (C=O) groups is 3. The molecule has 0 aromatic heterocycles. The monoisotopic (exact) mass is 419 g/mol. The van der Waals surface area contributed by atoms with Crippen LogP contribution < -0.4 is 10.6 Å². The topological polar surface area (TPSA) is 98.7 Å². The molecule has 7 nitrogen and oxygen atoms in total. The minimum Gasteiger partial charge on any atom is -0.505 e. The van der Waals surface area contributed by atoms with E-state index in [4.69, 9.17) is 23.2 Å². The van der Waals surface area contributed by atoms with E-state index in [0.717, 1.165) is 10.5 Å². The molecule has 0 aliphatic carbocycles. The van der Waals surface area contributed by atoms with Gasteiger partial charge in [-0.15, -0.1) is 0 Å². The quantitative estimate of drug-likeness (QED) is 0.521. The van der Waals surface area contributed by atoms with Crippen LogP contribution in [0.1, 0.15) is 11.1 Å². The molecule has 3 rings (SSSR count). The lowest BCUT2D eigenvalue weighted by atomic mass is 10.2. The van der Waals surface area contributed by atoms with E-state index in [1.54, 1.807) is 18.2 Å². The lowest BCUT2D eigenvalue weighted by Gasteiger charge is -2.12. The first kappa shape index (κ1) is 19.7. The standard InChI is InChI=1S/C19H15Cl2N3O4/c1-10-3-2-4-12(5-10)22-16(25)9-24-18(27)15(23-19(24)28)8-11-6-13(20)17(26)14(21)7-11/h2-8,26H,9H2,1H3,(H,22,25)(H,23,28)/b15-8+. The Labute approximate surface area is 170 Å². The summed E-state index contributed by atoms with van der Waals surface area (Å²) in [6.45, 7) is 1.44.